The van der Waals surface area contributed by atoms with Crippen molar-refractivity contribution in [2.45, 2.75) is 19.9 Å². The number of fused-ring (bicyclic) bond motifs is 1. The molecule has 12 heteroatoms. The second kappa shape index (κ2) is 10.1. The van der Waals surface area contributed by atoms with E-state index in [0.717, 1.165) is 6.07 Å². The molecule has 9 nitrogen and oxygen atoms in total. The number of hydrogen-bond donors (Lipinski definition) is 5. The summed E-state index contributed by atoms with van der Waals surface area (Å²) in [6, 6.07) is 8.04. The van der Waals surface area contributed by atoms with Crippen LogP contribution in [0.2, 0.25) is 0 Å². The van der Waals surface area contributed by atoms with Crippen LogP contribution in [0.25, 0.3) is 11.0 Å². The van der Waals surface area contributed by atoms with Crippen LogP contribution < -0.4 is 16.8 Å². The number of nitrogens with two attached hydrogens (primary N) is 2. The van der Waals surface area contributed by atoms with E-state index < -0.39 is 23.1 Å². The van der Waals surface area contributed by atoms with Crippen molar-refractivity contribution in [2.24, 2.45) is 5.73 Å². The molecule has 0 aliphatic heterocycles. The lowest BCUT2D eigenvalue weighted by Crippen LogP contribution is -2.15. The fourth-order valence-corrected chi connectivity index (χ4v) is 3.81. The van der Waals surface area contributed by atoms with Gasteiger partial charge in [-0.2, -0.15) is 17.7 Å². The highest BCUT2D eigenvalue weighted by atomic mass is 32.1. The minimum atomic E-state index is -0.938. The summed E-state index contributed by atoms with van der Waals surface area (Å²) < 4.78 is 30.7. The Kier molecular flexibility index (Phi) is 6.93. The molecule has 4 aromatic rings. The van der Waals surface area contributed by atoms with E-state index in [0.29, 0.717) is 22.8 Å². The van der Waals surface area contributed by atoms with Gasteiger partial charge in [0.25, 0.3) is 5.91 Å². The summed E-state index contributed by atoms with van der Waals surface area (Å²) in [6.07, 6.45) is 0.261. The molecular weight excluding hydrogens is 488 g/mol. The molecule has 0 unspecified atom stereocenters. The molecule has 0 saturated heterocycles. The van der Waals surface area contributed by atoms with Crippen LogP contribution in [0.5, 0.6) is 0 Å². The largest absolute Gasteiger partial charge is 0.383 e. The maximum atomic E-state index is 14.9. The number of aromatic nitrogens is 4. The molecule has 0 atom stereocenters. The van der Waals surface area contributed by atoms with Crippen LogP contribution in [-0.4, -0.2) is 37.3 Å². The van der Waals surface area contributed by atoms with Crippen molar-refractivity contribution in [3.05, 3.63) is 70.2 Å². The molecule has 0 radical (unpaired) electrons. The van der Waals surface area contributed by atoms with E-state index >= 15 is 0 Å². The van der Waals surface area contributed by atoms with Crippen molar-refractivity contribution < 1.29 is 18.4 Å². The van der Waals surface area contributed by atoms with Gasteiger partial charge in [-0.15, -0.1) is 0 Å². The second-order valence-electron chi connectivity index (χ2n) is 7.87. The van der Waals surface area contributed by atoms with Gasteiger partial charge in [0.05, 0.1) is 17.6 Å². The standard InChI is InChI=1S/C24H21F2N7O2S/c1-12-29-18-10-16(25)15(21(26)22(18)30-12)5-6-17-20(24(28)35)23(27)33(32-17)11-13-3-2-4-14(9-13)31-19(34)7-8-36/h2-4,9-10,36H,7-8,11,27H2,1H3,(H2,28,35)(H,29,30)(H,31,34). The molecule has 4 rings (SSSR count). The molecule has 0 spiro atoms. The molecule has 0 saturated carbocycles. The summed E-state index contributed by atoms with van der Waals surface area (Å²) >= 11 is 4.04. The maximum absolute atomic E-state index is 14.9. The molecule has 0 bridgehead atoms. The Balaban J connectivity index is 1.68. The number of primary amides is 1. The van der Waals surface area contributed by atoms with Gasteiger partial charge >= 0.3 is 0 Å². The average molecular weight is 510 g/mol. The first-order chi connectivity index (χ1) is 17.2. The first-order valence-electron chi connectivity index (χ1n) is 10.7. The molecule has 2 amide bonds. The number of nitrogens with one attached hydrogen (secondary N) is 2. The number of carbonyl (C=O) groups is 2. The lowest BCUT2D eigenvalue weighted by Gasteiger charge is -2.08. The number of thiol groups is 1. The van der Waals surface area contributed by atoms with Crippen LogP contribution in [0.15, 0.2) is 30.3 Å². The van der Waals surface area contributed by atoms with E-state index in [1.54, 1.807) is 31.2 Å². The fourth-order valence-electron chi connectivity index (χ4n) is 3.61. The Bertz CT molecular complexity index is 1570. The summed E-state index contributed by atoms with van der Waals surface area (Å²) in [5.41, 5.74) is 12.2. The van der Waals surface area contributed by atoms with Gasteiger partial charge < -0.3 is 21.8 Å². The van der Waals surface area contributed by atoms with Crippen LogP contribution in [0.3, 0.4) is 0 Å². The third kappa shape index (κ3) is 5.01. The molecule has 36 heavy (non-hydrogen) atoms. The van der Waals surface area contributed by atoms with E-state index in [-0.39, 0.29) is 47.0 Å². The molecule has 0 aliphatic carbocycles. The molecule has 2 heterocycles. The SMILES string of the molecule is Cc1nc2c(F)c(C#Cc3nn(Cc4cccc(NC(=O)CCS)c4)c(N)c3C(N)=O)c(F)cc2[nH]1. The number of nitrogen functional groups attached to an aromatic ring is 1. The van der Waals surface area contributed by atoms with Gasteiger partial charge in [0.2, 0.25) is 5.91 Å². The number of rotatable bonds is 6. The van der Waals surface area contributed by atoms with E-state index in [1.807, 2.05) is 0 Å². The highest BCUT2D eigenvalue weighted by Crippen LogP contribution is 2.23. The highest BCUT2D eigenvalue weighted by Gasteiger charge is 2.20. The number of H-pyrrole nitrogens is 1. The number of nitrogens with zero attached hydrogens (tertiary/aromatic N) is 3. The smallest absolute Gasteiger partial charge is 0.255 e. The monoisotopic (exact) mass is 509 g/mol. The van der Waals surface area contributed by atoms with Gasteiger partial charge in [0.15, 0.2) is 11.5 Å². The number of hydrogen-bond acceptors (Lipinski definition) is 6. The number of amides is 2. The lowest BCUT2D eigenvalue weighted by molar-refractivity contribution is -0.115. The first-order valence-corrected chi connectivity index (χ1v) is 11.3. The number of aryl methyl sites for hydroxylation is 1. The number of anilines is 2. The van der Waals surface area contributed by atoms with Gasteiger partial charge in [-0.05, 0) is 36.3 Å². The number of halogens is 2. The number of carbonyl (C=O) groups excluding carboxylic acids is 2. The molecule has 0 fully saturated rings. The first kappa shape index (κ1) is 24.7. The van der Waals surface area contributed by atoms with Crippen molar-refractivity contribution in [1.29, 1.82) is 0 Å². The molecule has 2 aromatic carbocycles. The molecule has 6 N–H and O–H groups in total. The Labute approximate surface area is 209 Å². The van der Waals surface area contributed by atoms with E-state index in [1.165, 1.54) is 4.68 Å². The van der Waals surface area contributed by atoms with Crippen LogP contribution in [0.4, 0.5) is 20.3 Å². The minimum Gasteiger partial charge on any atom is -0.383 e. The second-order valence-corrected chi connectivity index (χ2v) is 8.32. The van der Waals surface area contributed by atoms with Crippen LogP contribution in [0.1, 0.15) is 39.4 Å². The summed E-state index contributed by atoms with van der Waals surface area (Å²) in [5, 5.41) is 7.00. The third-order valence-electron chi connectivity index (χ3n) is 5.21. The Hall–Kier alpha value is -4.37. The Morgan fingerprint density at radius 2 is 2.03 bits per heavy atom. The van der Waals surface area contributed by atoms with Crippen molar-refractivity contribution in [2.75, 3.05) is 16.8 Å². The zero-order valence-corrected chi connectivity index (χ0v) is 19.9. The summed E-state index contributed by atoms with van der Waals surface area (Å²) in [4.78, 5) is 30.7. The van der Waals surface area contributed by atoms with Gasteiger partial charge in [-0.3, -0.25) is 9.59 Å². The van der Waals surface area contributed by atoms with Crippen molar-refractivity contribution in [1.82, 2.24) is 19.7 Å². The predicted molar refractivity (Wildman–Crippen MR) is 135 cm³/mol. The maximum Gasteiger partial charge on any atom is 0.255 e. The van der Waals surface area contributed by atoms with E-state index in [2.05, 4.69) is 44.9 Å². The highest BCUT2D eigenvalue weighted by molar-refractivity contribution is 7.80. The van der Waals surface area contributed by atoms with Gasteiger partial charge in [0, 0.05) is 18.2 Å². The normalized spacial score (nSPS) is 10.8. The Morgan fingerprint density at radius 1 is 1.25 bits per heavy atom. The predicted octanol–water partition coefficient (Wildman–Crippen LogP) is 2.73. The Morgan fingerprint density at radius 3 is 2.75 bits per heavy atom. The number of imidazole rings is 1. The molecule has 2 aromatic heterocycles. The van der Waals surface area contributed by atoms with Crippen molar-refractivity contribution >= 4 is 47.0 Å². The number of benzene rings is 2. The summed E-state index contributed by atoms with van der Waals surface area (Å²) in [5.74, 6) is 2.77. The van der Waals surface area contributed by atoms with Gasteiger partial charge in [0.1, 0.15) is 28.5 Å². The van der Waals surface area contributed by atoms with Crippen LogP contribution >= 0.6 is 12.6 Å². The fraction of sp³-hybridized carbons (Fsp3) is 0.167. The van der Waals surface area contributed by atoms with Gasteiger partial charge in [-0.1, -0.05) is 18.1 Å². The molecule has 184 valence electrons. The zero-order chi connectivity index (χ0) is 26.0. The van der Waals surface area contributed by atoms with Gasteiger partial charge in [-0.25, -0.2) is 18.4 Å². The zero-order valence-electron chi connectivity index (χ0n) is 19.0. The topological polar surface area (TPSA) is 145 Å². The lowest BCUT2D eigenvalue weighted by atomic mass is 10.1. The minimum absolute atomic E-state index is 0.0558. The third-order valence-corrected chi connectivity index (χ3v) is 5.44. The average Bonchev–Trinajstić information content (AvgIpc) is 3.33. The van der Waals surface area contributed by atoms with E-state index in [4.69, 9.17) is 11.5 Å². The molecule has 0 aliphatic rings. The number of aromatic amines is 1. The van der Waals surface area contributed by atoms with Crippen LogP contribution in [-0.2, 0) is 11.3 Å². The van der Waals surface area contributed by atoms with Crippen LogP contribution in [0, 0.1) is 30.4 Å². The summed E-state index contributed by atoms with van der Waals surface area (Å²) in [6.45, 7) is 1.73. The van der Waals surface area contributed by atoms with E-state index in [9.17, 15) is 18.4 Å². The quantitative estimate of drug-likeness (QED) is 0.201. The van der Waals surface area contributed by atoms with Crippen molar-refractivity contribution in [3.8, 4) is 11.8 Å². The summed E-state index contributed by atoms with van der Waals surface area (Å²) in [7, 11) is 0. The van der Waals surface area contributed by atoms with Crippen molar-refractivity contribution in [3.63, 3.8) is 0 Å². The molecular formula is C24H21F2N7O2S.